The molecule has 0 saturated heterocycles. The van der Waals surface area contributed by atoms with Crippen LogP contribution in [0.3, 0.4) is 0 Å². The molecule has 1 N–H and O–H groups in total. The number of benzene rings is 2. The third kappa shape index (κ3) is 5.93. The molecule has 0 aromatic heterocycles. The van der Waals surface area contributed by atoms with E-state index in [-0.39, 0.29) is 10.6 Å². The monoisotopic (exact) mass is 426 g/mol. The minimum atomic E-state index is -4.19. The van der Waals surface area contributed by atoms with Gasteiger partial charge in [-0.15, -0.1) is 4.13 Å². The maximum absolute atomic E-state index is 12.8. The van der Waals surface area contributed by atoms with Crippen LogP contribution in [0.5, 0.6) is 0 Å². The van der Waals surface area contributed by atoms with Gasteiger partial charge in [-0.1, -0.05) is 63.3 Å². The van der Waals surface area contributed by atoms with Crippen LogP contribution in [0.2, 0.25) is 0 Å². The maximum atomic E-state index is 12.8. The van der Waals surface area contributed by atoms with Gasteiger partial charge in [-0.25, -0.2) is 16.8 Å². The molecule has 0 heterocycles. The SMILES string of the molecule is CCCCCCCCS(=O)(=O)NS(=O)(=O)c1ccc(N(C)C)c2ccccc12. The van der Waals surface area contributed by atoms with Crippen LogP contribution in [0, 0.1) is 0 Å². The molecule has 0 saturated carbocycles. The normalized spacial score (nSPS) is 12.4. The molecule has 0 atom stereocenters. The lowest BCUT2D eigenvalue weighted by atomic mass is 10.1. The molecule has 2 aromatic rings. The lowest BCUT2D eigenvalue weighted by Crippen LogP contribution is -2.32. The van der Waals surface area contributed by atoms with E-state index >= 15 is 0 Å². The van der Waals surface area contributed by atoms with E-state index < -0.39 is 20.0 Å². The van der Waals surface area contributed by atoms with E-state index in [0.29, 0.717) is 11.8 Å². The molecule has 6 nitrogen and oxygen atoms in total. The first-order valence-corrected chi connectivity index (χ1v) is 12.8. The van der Waals surface area contributed by atoms with Crippen LogP contribution in [-0.4, -0.2) is 36.7 Å². The number of hydrogen-bond donors (Lipinski definition) is 1. The fraction of sp³-hybridized carbons (Fsp3) is 0.500. The van der Waals surface area contributed by atoms with E-state index in [9.17, 15) is 16.8 Å². The zero-order valence-electron chi connectivity index (χ0n) is 16.8. The summed E-state index contributed by atoms with van der Waals surface area (Å²) in [5.74, 6) is -0.188. The molecule has 2 rings (SSSR count). The number of anilines is 1. The number of rotatable bonds is 11. The van der Waals surface area contributed by atoms with Crippen molar-refractivity contribution in [1.29, 1.82) is 0 Å². The van der Waals surface area contributed by atoms with E-state index in [1.807, 2.05) is 35.3 Å². The quantitative estimate of drug-likeness (QED) is 0.551. The fourth-order valence-corrected chi connectivity index (χ4v) is 6.53. The first-order chi connectivity index (χ1) is 13.2. The van der Waals surface area contributed by atoms with Crippen LogP contribution < -0.4 is 9.03 Å². The summed E-state index contributed by atoms with van der Waals surface area (Å²) in [6, 6.07) is 10.2. The number of nitrogens with one attached hydrogen (secondary N) is 1. The van der Waals surface area contributed by atoms with Crippen LogP contribution in [0.15, 0.2) is 41.3 Å². The van der Waals surface area contributed by atoms with E-state index in [2.05, 4.69) is 6.92 Å². The predicted octanol–water partition coefficient (Wildman–Crippen LogP) is 3.87. The van der Waals surface area contributed by atoms with Gasteiger partial charge >= 0.3 is 0 Å². The van der Waals surface area contributed by atoms with Crippen LogP contribution in [0.1, 0.15) is 45.4 Å². The average Bonchev–Trinajstić information content (AvgIpc) is 2.62. The van der Waals surface area contributed by atoms with Crippen molar-refractivity contribution in [3.63, 3.8) is 0 Å². The van der Waals surface area contributed by atoms with Crippen LogP contribution in [0.4, 0.5) is 5.69 Å². The van der Waals surface area contributed by atoms with Crippen LogP contribution in [0.25, 0.3) is 10.8 Å². The van der Waals surface area contributed by atoms with Crippen molar-refractivity contribution < 1.29 is 16.8 Å². The van der Waals surface area contributed by atoms with Gasteiger partial charge in [0.05, 0.1) is 10.6 Å². The summed E-state index contributed by atoms with van der Waals surface area (Å²) in [6.45, 7) is 2.12. The molecule has 0 aliphatic heterocycles. The second kappa shape index (κ2) is 9.71. The van der Waals surface area contributed by atoms with Crippen molar-refractivity contribution in [3.05, 3.63) is 36.4 Å². The Labute approximate surface area is 169 Å². The topological polar surface area (TPSA) is 83.5 Å². The Hall–Kier alpha value is -1.64. The first kappa shape index (κ1) is 22.6. The molecule has 0 unspecified atom stereocenters. The summed E-state index contributed by atoms with van der Waals surface area (Å²) >= 11 is 0. The lowest BCUT2D eigenvalue weighted by Gasteiger charge is -2.17. The van der Waals surface area contributed by atoms with Crippen molar-refractivity contribution in [2.45, 2.75) is 50.3 Å². The molecular formula is C20H30N2O4S2. The molecule has 156 valence electrons. The smallest absolute Gasteiger partial charge is 0.254 e. The molecule has 0 bridgehead atoms. The Bertz CT molecular complexity index is 1000. The molecule has 2 aromatic carbocycles. The van der Waals surface area contributed by atoms with E-state index in [1.54, 1.807) is 18.2 Å². The summed E-state index contributed by atoms with van der Waals surface area (Å²) in [4.78, 5) is 1.86. The molecule has 0 amide bonds. The average molecular weight is 427 g/mol. The van der Waals surface area contributed by atoms with Crippen LogP contribution in [-0.2, 0) is 20.0 Å². The molecule has 28 heavy (non-hydrogen) atoms. The Morgan fingerprint density at radius 3 is 2.07 bits per heavy atom. The summed E-state index contributed by atoms with van der Waals surface area (Å²) in [5.41, 5.74) is 0.865. The molecular weight excluding hydrogens is 396 g/mol. The zero-order chi connectivity index (χ0) is 20.8. The van der Waals surface area contributed by atoms with Crippen molar-refractivity contribution in [3.8, 4) is 0 Å². The van der Waals surface area contributed by atoms with Gasteiger partial charge in [-0.2, -0.15) is 0 Å². The highest BCUT2D eigenvalue weighted by Gasteiger charge is 2.25. The fourth-order valence-electron chi connectivity index (χ4n) is 3.21. The van der Waals surface area contributed by atoms with Gasteiger partial charge in [0.15, 0.2) is 0 Å². The Morgan fingerprint density at radius 1 is 0.821 bits per heavy atom. The minimum Gasteiger partial charge on any atom is -0.377 e. The van der Waals surface area contributed by atoms with E-state index in [1.165, 1.54) is 6.07 Å². The van der Waals surface area contributed by atoms with Gasteiger partial charge in [0.25, 0.3) is 10.0 Å². The van der Waals surface area contributed by atoms with Gasteiger partial charge in [0.1, 0.15) is 0 Å². The number of nitrogens with zero attached hydrogens (tertiary/aromatic N) is 1. The van der Waals surface area contributed by atoms with Gasteiger partial charge in [-0.3, -0.25) is 0 Å². The largest absolute Gasteiger partial charge is 0.377 e. The van der Waals surface area contributed by atoms with Gasteiger partial charge < -0.3 is 4.90 Å². The molecule has 0 spiro atoms. The van der Waals surface area contributed by atoms with E-state index in [4.69, 9.17) is 0 Å². The second-order valence-corrected chi connectivity index (χ2v) is 10.9. The Balaban J connectivity index is 2.20. The molecule has 0 aliphatic carbocycles. The second-order valence-electron chi connectivity index (χ2n) is 7.20. The summed E-state index contributed by atoms with van der Waals surface area (Å²) in [7, 11) is -4.37. The predicted molar refractivity (Wildman–Crippen MR) is 116 cm³/mol. The number of unbranched alkanes of at least 4 members (excludes halogenated alkanes) is 5. The number of fused-ring (bicyclic) bond motifs is 1. The van der Waals surface area contributed by atoms with Crippen LogP contribution >= 0.6 is 0 Å². The molecule has 8 heteroatoms. The highest BCUT2D eigenvalue weighted by Crippen LogP contribution is 2.31. The number of sulfonamides is 2. The first-order valence-electron chi connectivity index (χ1n) is 9.63. The third-order valence-corrected chi connectivity index (χ3v) is 8.29. The highest BCUT2D eigenvalue weighted by molar-refractivity contribution is 8.04. The van der Waals surface area contributed by atoms with Crippen molar-refractivity contribution in [2.24, 2.45) is 0 Å². The number of hydrogen-bond acceptors (Lipinski definition) is 5. The third-order valence-electron chi connectivity index (χ3n) is 4.64. The minimum absolute atomic E-state index is 0.0276. The van der Waals surface area contributed by atoms with Gasteiger partial charge in [0.2, 0.25) is 10.0 Å². The summed E-state index contributed by atoms with van der Waals surface area (Å²) in [6.07, 6.45) is 5.53. The highest BCUT2D eigenvalue weighted by atomic mass is 32.3. The van der Waals surface area contributed by atoms with Crippen molar-refractivity contribution >= 4 is 36.5 Å². The maximum Gasteiger partial charge on any atom is 0.254 e. The Kier molecular flexibility index (Phi) is 7.86. The van der Waals surface area contributed by atoms with Crippen molar-refractivity contribution in [2.75, 3.05) is 24.7 Å². The molecule has 0 aliphatic rings. The lowest BCUT2D eigenvalue weighted by molar-refractivity contribution is 0.571. The summed E-state index contributed by atoms with van der Waals surface area (Å²) in [5, 5.41) is 1.25. The molecule has 0 fully saturated rings. The standard InChI is InChI=1S/C20H30N2O4S2/c1-4-5-6-7-8-11-16-27(23,24)21-28(25,26)20-15-14-19(22(2)3)17-12-9-10-13-18(17)20/h9-10,12-15,21H,4-8,11,16H2,1-3H3. The zero-order valence-corrected chi connectivity index (χ0v) is 18.4. The van der Waals surface area contributed by atoms with Crippen molar-refractivity contribution in [1.82, 2.24) is 4.13 Å². The van der Waals surface area contributed by atoms with Gasteiger partial charge in [0, 0.05) is 30.6 Å². The summed E-state index contributed by atoms with van der Waals surface area (Å²) < 4.78 is 52.2. The molecule has 0 radical (unpaired) electrons. The van der Waals surface area contributed by atoms with E-state index in [0.717, 1.165) is 43.2 Å². The van der Waals surface area contributed by atoms with Gasteiger partial charge in [-0.05, 0) is 18.6 Å². The Morgan fingerprint density at radius 2 is 1.43 bits per heavy atom.